The van der Waals surface area contributed by atoms with E-state index in [9.17, 15) is 0 Å². The Morgan fingerprint density at radius 1 is 1.40 bits per heavy atom. The minimum absolute atomic E-state index is 0.679. The summed E-state index contributed by atoms with van der Waals surface area (Å²) in [5, 5.41) is 2.02. The summed E-state index contributed by atoms with van der Waals surface area (Å²) in [5.74, 6) is 0.679. The summed E-state index contributed by atoms with van der Waals surface area (Å²) >= 11 is 1.53. The quantitative estimate of drug-likeness (QED) is 0.768. The fourth-order valence-electron chi connectivity index (χ4n) is 1.50. The first-order valence-electron chi connectivity index (χ1n) is 5.08. The molecular weight excluding hydrogens is 206 g/mol. The van der Waals surface area contributed by atoms with Gasteiger partial charge in [0.05, 0.1) is 11.4 Å². The van der Waals surface area contributed by atoms with Crippen LogP contribution in [0.2, 0.25) is 0 Å². The van der Waals surface area contributed by atoms with Gasteiger partial charge in [-0.3, -0.25) is 4.98 Å². The van der Waals surface area contributed by atoms with Crippen molar-refractivity contribution in [3.05, 3.63) is 35.0 Å². The van der Waals surface area contributed by atoms with Crippen LogP contribution in [0.15, 0.2) is 23.7 Å². The summed E-state index contributed by atoms with van der Waals surface area (Å²) in [5.41, 5.74) is 6.37. The molecule has 1 aromatic rings. The van der Waals surface area contributed by atoms with E-state index in [-0.39, 0.29) is 0 Å². The second kappa shape index (κ2) is 4.68. The van der Waals surface area contributed by atoms with E-state index < -0.39 is 0 Å². The van der Waals surface area contributed by atoms with Crippen molar-refractivity contribution in [2.24, 2.45) is 5.92 Å². The minimum atomic E-state index is 0.679. The highest BCUT2D eigenvalue weighted by molar-refractivity contribution is 8.00. The van der Waals surface area contributed by atoms with Gasteiger partial charge in [0.15, 0.2) is 0 Å². The Labute approximate surface area is 94.5 Å². The third kappa shape index (κ3) is 2.73. The Kier molecular flexibility index (Phi) is 3.28. The smallest absolute Gasteiger partial charge is 0.0880 e. The Bertz CT molecular complexity index is 357. The van der Waals surface area contributed by atoms with Gasteiger partial charge < -0.3 is 5.43 Å². The third-order valence-corrected chi connectivity index (χ3v) is 2.74. The van der Waals surface area contributed by atoms with E-state index in [1.54, 1.807) is 0 Å². The molecule has 0 atom stereocenters. The van der Waals surface area contributed by atoms with Crippen LogP contribution in [0.4, 0.5) is 0 Å². The summed E-state index contributed by atoms with van der Waals surface area (Å²) in [4.78, 5) is 7.38. The maximum atomic E-state index is 4.43. The van der Waals surface area contributed by atoms with E-state index in [4.69, 9.17) is 0 Å². The van der Waals surface area contributed by atoms with Gasteiger partial charge >= 0.3 is 0 Å². The molecule has 15 heavy (non-hydrogen) atoms. The Hall–Kier alpha value is -1.00. The number of hydrogen-bond acceptors (Lipinski definition) is 4. The lowest BCUT2D eigenvalue weighted by atomic mass is 10.0. The van der Waals surface area contributed by atoms with Crippen LogP contribution in [0.1, 0.15) is 25.1 Å². The molecule has 0 fully saturated rings. The van der Waals surface area contributed by atoms with Crippen molar-refractivity contribution in [1.29, 1.82) is 0 Å². The molecule has 1 aliphatic rings. The fraction of sp³-hybridized carbons (Fsp3) is 0.364. The summed E-state index contributed by atoms with van der Waals surface area (Å²) in [6.07, 6.45) is 3.05. The lowest BCUT2D eigenvalue weighted by Gasteiger charge is -2.06. The molecule has 0 aromatic carbocycles. The van der Waals surface area contributed by atoms with E-state index >= 15 is 0 Å². The van der Waals surface area contributed by atoms with E-state index in [0.29, 0.717) is 5.92 Å². The number of nitrogens with zero attached hydrogens (tertiary/aromatic N) is 1. The summed E-state index contributed by atoms with van der Waals surface area (Å²) in [6, 6.07) is 4.21. The van der Waals surface area contributed by atoms with E-state index in [1.165, 1.54) is 17.5 Å². The molecule has 4 heteroatoms. The van der Waals surface area contributed by atoms with Crippen LogP contribution in [-0.2, 0) is 6.42 Å². The highest BCUT2D eigenvalue weighted by atomic mass is 32.2. The summed E-state index contributed by atoms with van der Waals surface area (Å²) in [6.45, 7) is 4.44. The third-order valence-electron chi connectivity index (χ3n) is 2.17. The molecule has 2 N–H and O–H groups in total. The van der Waals surface area contributed by atoms with Crippen LogP contribution in [0.5, 0.6) is 0 Å². The second-order valence-corrected chi connectivity index (χ2v) is 4.70. The molecule has 0 spiro atoms. The zero-order valence-electron chi connectivity index (χ0n) is 8.95. The molecular formula is C11H15N3S. The van der Waals surface area contributed by atoms with Crippen molar-refractivity contribution in [3.63, 3.8) is 0 Å². The van der Waals surface area contributed by atoms with Crippen LogP contribution in [-0.4, -0.2) is 4.98 Å². The number of pyridine rings is 1. The van der Waals surface area contributed by atoms with E-state index in [2.05, 4.69) is 41.2 Å². The molecule has 0 amide bonds. The van der Waals surface area contributed by atoms with Crippen LogP contribution in [0.25, 0.3) is 5.70 Å². The minimum Gasteiger partial charge on any atom is -0.309 e. The zero-order chi connectivity index (χ0) is 10.7. The first-order valence-corrected chi connectivity index (χ1v) is 5.96. The van der Waals surface area contributed by atoms with Gasteiger partial charge in [0.25, 0.3) is 0 Å². The largest absolute Gasteiger partial charge is 0.309 e. The second-order valence-electron chi connectivity index (χ2n) is 4.03. The molecule has 1 aromatic heterocycles. The van der Waals surface area contributed by atoms with Gasteiger partial charge in [-0.1, -0.05) is 19.9 Å². The SMILES string of the molecule is CC(C)Cc1ccc(C2=CSNN2)nc1. The van der Waals surface area contributed by atoms with E-state index in [0.717, 1.165) is 17.8 Å². The highest BCUT2D eigenvalue weighted by Gasteiger charge is 2.07. The molecule has 0 aliphatic carbocycles. The number of nitrogens with one attached hydrogen (secondary N) is 2. The van der Waals surface area contributed by atoms with Crippen LogP contribution >= 0.6 is 11.9 Å². The normalized spacial score (nSPS) is 15.3. The van der Waals surface area contributed by atoms with Gasteiger partial charge in [-0.15, -0.1) is 0 Å². The van der Waals surface area contributed by atoms with Crippen molar-refractivity contribution in [3.8, 4) is 0 Å². The maximum absolute atomic E-state index is 4.43. The molecule has 0 saturated carbocycles. The average molecular weight is 221 g/mol. The lowest BCUT2D eigenvalue weighted by Crippen LogP contribution is -2.18. The van der Waals surface area contributed by atoms with Crippen molar-refractivity contribution in [2.45, 2.75) is 20.3 Å². The molecule has 80 valence electrons. The number of hydrazine groups is 1. The van der Waals surface area contributed by atoms with Crippen LogP contribution < -0.4 is 10.3 Å². The predicted octanol–water partition coefficient (Wildman–Crippen LogP) is 2.33. The van der Waals surface area contributed by atoms with Gasteiger partial charge in [-0.25, -0.2) is 0 Å². The number of rotatable bonds is 3. The Morgan fingerprint density at radius 3 is 2.80 bits per heavy atom. The molecule has 0 radical (unpaired) electrons. The van der Waals surface area contributed by atoms with Crippen molar-refractivity contribution >= 4 is 17.6 Å². The first-order chi connectivity index (χ1) is 7.25. The van der Waals surface area contributed by atoms with Gasteiger partial charge in [-0.05, 0) is 35.9 Å². The fourth-order valence-corrected chi connectivity index (χ4v) is 2.03. The zero-order valence-corrected chi connectivity index (χ0v) is 9.77. The van der Waals surface area contributed by atoms with Crippen molar-refractivity contribution < 1.29 is 0 Å². The van der Waals surface area contributed by atoms with Gasteiger partial charge in [-0.2, -0.15) is 4.83 Å². The Balaban J connectivity index is 2.10. The first kappa shape index (κ1) is 10.5. The van der Waals surface area contributed by atoms with Gasteiger partial charge in [0, 0.05) is 11.6 Å². The van der Waals surface area contributed by atoms with Crippen LogP contribution in [0.3, 0.4) is 0 Å². The molecule has 0 bridgehead atoms. The number of aromatic nitrogens is 1. The standard InChI is InChI=1S/C11H15N3S/c1-8(2)5-9-3-4-10(12-6-9)11-7-15-14-13-11/h3-4,6-8,13-14H,5H2,1-2H3. The predicted molar refractivity (Wildman–Crippen MR) is 64.6 cm³/mol. The van der Waals surface area contributed by atoms with E-state index in [1.807, 2.05) is 11.6 Å². The maximum Gasteiger partial charge on any atom is 0.0880 e. The number of hydrogen-bond donors (Lipinski definition) is 2. The lowest BCUT2D eigenvalue weighted by molar-refractivity contribution is 0.645. The van der Waals surface area contributed by atoms with Gasteiger partial charge in [0.2, 0.25) is 0 Å². The summed E-state index contributed by atoms with van der Waals surface area (Å²) in [7, 11) is 0. The van der Waals surface area contributed by atoms with Gasteiger partial charge in [0.1, 0.15) is 0 Å². The Morgan fingerprint density at radius 2 is 2.27 bits per heavy atom. The molecule has 1 aliphatic heterocycles. The summed E-state index contributed by atoms with van der Waals surface area (Å²) < 4.78 is 0. The average Bonchev–Trinajstić information content (AvgIpc) is 2.71. The molecule has 2 rings (SSSR count). The topological polar surface area (TPSA) is 37.0 Å². The molecule has 0 saturated heterocycles. The molecule has 0 unspecified atom stereocenters. The monoisotopic (exact) mass is 221 g/mol. The molecule has 2 heterocycles. The van der Waals surface area contributed by atoms with Crippen molar-refractivity contribution in [2.75, 3.05) is 0 Å². The van der Waals surface area contributed by atoms with Crippen LogP contribution in [0, 0.1) is 5.92 Å². The van der Waals surface area contributed by atoms with Crippen molar-refractivity contribution in [1.82, 2.24) is 15.2 Å². The molecule has 3 nitrogen and oxygen atoms in total. The highest BCUT2D eigenvalue weighted by Crippen LogP contribution is 2.17.